The Labute approximate surface area is 97.2 Å². The average molecular weight is 243 g/mol. The Morgan fingerprint density at radius 1 is 1.56 bits per heavy atom. The van der Waals surface area contributed by atoms with E-state index in [0.717, 1.165) is 4.90 Å². The molecule has 4 N–H and O–H groups in total. The van der Waals surface area contributed by atoms with E-state index in [4.69, 9.17) is 23.1 Å². The Morgan fingerprint density at radius 3 is 2.75 bits per heavy atom. The van der Waals surface area contributed by atoms with E-state index in [-0.39, 0.29) is 22.9 Å². The van der Waals surface area contributed by atoms with Crippen molar-refractivity contribution in [2.75, 3.05) is 19.3 Å². The number of hydrogen-bond donors (Lipinski definition) is 2. The number of anilines is 1. The molecule has 6 nitrogen and oxygen atoms in total. The second-order valence-corrected chi connectivity index (χ2v) is 3.61. The Morgan fingerprint density at radius 2 is 2.19 bits per heavy atom. The zero-order chi connectivity index (χ0) is 12.3. The van der Waals surface area contributed by atoms with E-state index >= 15 is 0 Å². The highest BCUT2D eigenvalue weighted by atomic mass is 35.5. The molecule has 0 aliphatic heterocycles. The normalized spacial score (nSPS) is 9.88. The molecule has 0 aliphatic rings. The van der Waals surface area contributed by atoms with Crippen LogP contribution in [0.2, 0.25) is 5.15 Å². The van der Waals surface area contributed by atoms with Crippen LogP contribution in [0, 0.1) is 0 Å². The second kappa shape index (κ2) is 4.80. The number of nitrogen functional groups attached to an aromatic ring is 1. The van der Waals surface area contributed by atoms with E-state index in [1.54, 1.807) is 0 Å². The molecule has 7 heteroatoms. The van der Waals surface area contributed by atoms with Crippen LogP contribution >= 0.6 is 11.6 Å². The lowest BCUT2D eigenvalue weighted by molar-refractivity contribution is -0.118. The first-order valence-corrected chi connectivity index (χ1v) is 4.74. The molecule has 0 saturated carbocycles. The minimum absolute atomic E-state index is 0.157. The van der Waals surface area contributed by atoms with E-state index in [9.17, 15) is 9.59 Å². The number of carbonyl (C=O) groups is 2. The Balaban J connectivity index is 2.95. The van der Waals surface area contributed by atoms with Gasteiger partial charge in [-0.25, -0.2) is 4.98 Å². The van der Waals surface area contributed by atoms with Gasteiger partial charge in [0.15, 0.2) is 0 Å². The quantitative estimate of drug-likeness (QED) is 0.721. The maximum atomic E-state index is 11.8. The first kappa shape index (κ1) is 12.3. The summed E-state index contributed by atoms with van der Waals surface area (Å²) in [5.41, 5.74) is 10.9. The van der Waals surface area contributed by atoms with Gasteiger partial charge in [-0.2, -0.15) is 0 Å². The van der Waals surface area contributed by atoms with Crippen molar-refractivity contribution in [3.05, 3.63) is 23.0 Å². The fourth-order valence-corrected chi connectivity index (χ4v) is 1.29. The molecule has 1 aromatic heterocycles. The number of primary amides is 1. The summed E-state index contributed by atoms with van der Waals surface area (Å²) in [6, 6.07) is 1.34. The SMILES string of the molecule is CN(CC(N)=O)C(=O)c1cc(Cl)ncc1N. The minimum Gasteiger partial charge on any atom is -0.397 e. The Bertz CT molecular complexity index is 436. The zero-order valence-corrected chi connectivity index (χ0v) is 9.36. The number of carbonyl (C=O) groups excluding carboxylic acids is 2. The number of nitrogens with zero attached hydrogens (tertiary/aromatic N) is 2. The van der Waals surface area contributed by atoms with E-state index < -0.39 is 11.8 Å². The lowest BCUT2D eigenvalue weighted by Crippen LogP contribution is -2.35. The van der Waals surface area contributed by atoms with Gasteiger partial charge in [0.2, 0.25) is 5.91 Å². The van der Waals surface area contributed by atoms with Crippen LogP contribution in [-0.2, 0) is 4.79 Å². The van der Waals surface area contributed by atoms with Gasteiger partial charge in [-0.1, -0.05) is 11.6 Å². The number of amides is 2. The summed E-state index contributed by atoms with van der Waals surface area (Å²) in [6.07, 6.45) is 1.29. The number of hydrogen-bond acceptors (Lipinski definition) is 4. The van der Waals surface area contributed by atoms with Crippen molar-refractivity contribution in [1.29, 1.82) is 0 Å². The molecule has 0 unspecified atom stereocenters. The molecule has 1 rings (SSSR count). The lowest BCUT2D eigenvalue weighted by Gasteiger charge is -2.16. The van der Waals surface area contributed by atoms with Crippen LogP contribution in [0.1, 0.15) is 10.4 Å². The van der Waals surface area contributed by atoms with Gasteiger partial charge in [0.1, 0.15) is 5.15 Å². The molecule has 86 valence electrons. The van der Waals surface area contributed by atoms with Crippen LogP contribution in [-0.4, -0.2) is 35.3 Å². The van der Waals surface area contributed by atoms with Crippen molar-refractivity contribution in [3.8, 4) is 0 Å². The van der Waals surface area contributed by atoms with E-state index in [1.165, 1.54) is 19.3 Å². The van der Waals surface area contributed by atoms with Crippen LogP contribution in [0.3, 0.4) is 0 Å². The zero-order valence-electron chi connectivity index (χ0n) is 8.61. The number of aromatic nitrogens is 1. The number of likely N-dealkylation sites (N-methyl/N-ethyl adjacent to an activating group) is 1. The van der Waals surface area contributed by atoms with Gasteiger partial charge in [-0.15, -0.1) is 0 Å². The van der Waals surface area contributed by atoms with Gasteiger partial charge in [0, 0.05) is 7.05 Å². The first-order chi connectivity index (χ1) is 7.41. The van der Waals surface area contributed by atoms with Crippen molar-refractivity contribution in [1.82, 2.24) is 9.88 Å². The first-order valence-electron chi connectivity index (χ1n) is 4.36. The molecule has 0 aliphatic carbocycles. The molecule has 2 amide bonds. The van der Waals surface area contributed by atoms with E-state index in [0.29, 0.717) is 0 Å². The highest BCUT2D eigenvalue weighted by Crippen LogP contribution is 2.16. The van der Waals surface area contributed by atoms with Crippen LogP contribution < -0.4 is 11.5 Å². The number of nitrogens with two attached hydrogens (primary N) is 2. The van der Waals surface area contributed by atoms with E-state index in [1.807, 2.05) is 0 Å². The molecular weight excluding hydrogens is 232 g/mol. The molecule has 0 spiro atoms. The monoisotopic (exact) mass is 242 g/mol. The standard InChI is InChI=1S/C9H11ClN4O2/c1-14(4-8(12)15)9(16)5-2-7(10)13-3-6(5)11/h2-3H,4,11H2,1H3,(H2,12,15). The van der Waals surface area contributed by atoms with Crippen LogP contribution in [0.5, 0.6) is 0 Å². The lowest BCUT2D eigenvalue weighted by atomic mass is 10.2. The van der Waals surface area contributed by atoms with Crippen molar-refractivity contribution < 1.29 is 9.59 Å². The van der Waals surface area contributed by atoms with Gasteiger partial charge in [-0.3, -0.25) is 9.59 Å². The van der Waals surface area contributed by atoms with Crippen LogP contribution in [0.25, 0.3) is 0 Å². The predicted molar refractivity (Wildman–Crippen MR) is 59.8 cm³/mol. The topological polar surface area (TPSA) is 102 Å². The fourth-order valence-electron chi connectivity index (χ4n) is 1.14. The molecule has 16 heavy (non-hydrogen) atoms. The summed E-state index contributed by atoms with van der Waals surface area (Å²) in [5, 5.41) is 0.157. The molecule has 0 bridgehead atoms. The molecule has 1 heterocycles. The summed E-state index contributed by atoms with van der Waals surface area (Å²) in [6.45, 7) is -0.182. The van der Waals surface area contributed by atoms with Gasteiger partial charge < -0.3 is 16.4 Å². The average Bonchev–Trinajstić information content (AvgIpc) is 2.19. The number of halogens is 1. The van der Waals surface area contributed by atoms with Gasteiger partial charge in [0.25, 0.3) is 5.91 Å². The Kier molecular flexibility index (Phi) is 3.68. The molecule has 0 radical (unpaired) electrons. The predicted octanol–water partition coefficient (Wildman–Crippen LogP) is -0.126. The summed E-state index contributed by atoms with van der Waals surface area (Å²) < 4.78 is 0. The molecule has 0 atom stereocenters. The summed E-state index contributed by atoms with van der Waals surface area (Å²) in [7, 11) is 1.45. The maximum Gasteiger partial charge on any atom is 0.256 e. The molecule has 0 fully saturated rings. The third kappa shape index (κ3) is 2.83. The smallest absolute Gasteiger partial charge is 0.256 e. The fraction of sp³-hybridized carbons (Fsp3) is 0.222. The van der Waals surface area contributed by atoms with Crippen molar-refractivity contribution in [2.45, 2.75) is 0 Å². The third-order valence-electron chi connectivity index (χ3n) is 1.87. The summed E-state index contributed by atoms with van der Waals surface area (Å²) in [4.78, 5) is 27.3. The summed E-state index contributed by atoms with van der Waals surface area (Å²) in [5.74, 6) is -1.03. The van der Waals surface area contributed by atoms with Gasteiger partial charge >= 0.3 is 0 Å². The highest BCUT2D eigenvalue weighted by Gasteiger charge is 2.16. The number of rotatable bonds is 3. The molecule has 1 aromatic rings. The van der Waals surface area contributed by atoms with Crippen molar-refractivity contribution in [3.63, 3.8) is 0 Å². The molecule has 0 saturated heterocycles. The molecule has 0 aromatic carbocycles. The second-order valence-electron chi connectivity index (χ2n) is 3.22. The minimum atomic E-state index is -0.602. The van der Waals surface area contributed by atoms with Gasteiger partial charge in [0.05, 0.1) is 24.0 Å². The van der Waals surface area contributed by atoms with Gasteiger partial charge in [-0.05, 0) is 6.07 Å². The highest BCUT2D eigenvalue weighted by molar-refractivity contribution is 6.29. The van der Waals surface area contributed by atoms with Crippen molar-refractivity contribution in [2.24, 2.45) is 5.73 Å². The van der Waals surface area contributed by atoms with Crippen LogP contribution in [0.4, 0.5) is 5.69 Å². The Hall–Kier alpha value is -1.82. The maximum absolute atomic E-state index is 11.8. The van der Waals surface area contributed by atoms with Crippen LogP contribution in [0.15, 0.2) is 12.3 Å². The molecular formula is C9H11ClN4O2. The largest absolute Gasteiger partial charge is 0.397 e. The van der Waals surface area contributed by atoms with E-state index in [2.05, 4.69) is 4.98 Å². The number of pyridine rings is 1. The van der Waals surface area contributed by atoms with Crippen molar-refractivity contribution >= 4 is 29.1 Å². The third-order valence-corrected chi connectivity index (χ3v) is 2.08. The summed E-state index contributed by atoms with van der Waals surface area (Å²) >= 11 is 5.64.